The standard InChI is InChI=1S/C18H13F3N2O5/c1-8(24)23-16-10-6-5-9(27-18(19,20)21)7-13(10)28-17(16,26)11-3-2-4-12(22)14(11)15(16)25/h2-7,26H,22H2,1H3,(H,23,24)/t16?,17-/m1/s1. The second kappa shape index (κ2) is 5.38. The molecule has 2 aliphatic rings. The van der Waals surface area contributed by atoms with E-state index in [9.17, 15) is 27.9 Å². The Morgan fingerprint density at radius 2 is 1.96 bits per heavy atom. The molecule has 0 saturated carbocycles. The van der Waals surface area contributed by atoms with Crippen LogP contribution in [0.2, 0.25) is 0 Å². The predicted molar refractivity (Wildman–Crippen MR) is 88.3 cm³/mol. The summed E-state index contributed by atoms with van der Waals surface area (Å²) in [5.41, 5.74) is 3.81. The van der Waals surface area contributed by atoms with Crippen LogP contribution in [-0.4, -0.2) is 23.2 Å². The van der Waals surface area contributed by atoms with Crippen LogP contribution in [0.25, 0.3) is 0 Å². The Bertz CT molecular complexity index is 1040. The second-order valence-electron chi connectivity index (χ2n) is 6.48. The van der Waals surface area contributed by atoms with E-state index >= 15 is 0 Å². The van der Waals surface area contributed by atoms with E-state index in [1.807, 2.05) is 0 Å². The highest BCUT2D eigenvalue weighted by molar-refractivity contribution is 6.15. The van der Waals surface area contributed by atoms with Gasteiger partial charge in [0.05, 0.1) is 5.56 Å². The number of hydrogen-bond donors (Lipinski definition) is 3. The summed E-state index contributed by atoms with van der Waals surface area (Å²) in [6, 6.07) is 7.31. The van der Waals surface area contributed by atoms with E-state index in [4.69, 9.17) is 10.5 Å². The first kappa shape index (κ1) is 18.1. The fourth-order valence-electron chi connectivity index (χ4n) is 3.81. The van der Waals surface area contributed by atoms with Gasteiger partial charge in [-0.25, -0.2) is 0 Å². The van der Waals surface area contributed by atoms with Gasteiger partial charge in [-0.05, 0) is 18.2 Å². The summed E-state index contributed by atoms with van der Waals surface area (Å²) in [6.07, 6.45) is -4.94. The maximum Gasteiger partial charge on any atom is 0.573 e. The number of nitrogen functional groups attached to an aromatic ring is 1. The Balaban J connectivity index is 1.94. The molecule has 146 valence electrons. The number of ether oxygens (including phenoxy) is 2. The van der Waals surface area contributed by atoms with Crippen molar-refractivity contribution in [3.63, 3.8) is 0 Å². The first-order valence-corrected chi connectivity index (χ1v) is 8.04. The van der Waals surface area contributed by atoms with Crippen LogP contribution in [0.4, 0.5) is 18.9 Å². The summed E-state index contributed by atoms with van der Waals surface area (Å²) in [4.78, 5) is 25.2. The Morgan fingerprint density at radius 3 is 2.61 bits per heavy atom. The smallest absolute Gasteiger partial charge is 0.454 e. The number of carbonyl (C=O) groups excluding carboxylic acids is 2. The number of fused-ring (bicyclic) bond motifs is 5. The van der Waals surface area contributed by atoms with Gasteiger partial charge in [0.2, 0.25) is 17.2 Å². The van der Waals surface area contributed by atoms with Gasteiger partial charge in [0, 0.05) is 29.8 Å². The lowest BCUT2D eigenvalue weighted by atomic mass is 9.83. The van der Waals surface area contributed by atoms with Gasteiger partial charge in [-0.2, -0.15) is 0 Å². The zero-order valence-electron chi connectivity index (χ0n) is 14.3. The molecule has 0 fully saturated rings. The van der Waals surface area contributed by atoms with Crippen molar-refractivity contribution < 1.29 is 37.3 Å². The highest BCUT2D eigenvalue weighted by Gasteiger charge is 2.72. The quantitative estimate of drug-likeness (QED) is 0.672. The third-order valence-electron chi connectivity index (χ3n) is 4.75. The second-order valence-corrected chi connectivity index (χ2v) is 6.48. The Kier molecular flexibility index (Phi) is 3.48. The molecule has 2 atom stereocenters. The number of hydrogen-bond acceptors (Lipinski definition) is 6. The van der Waals surface area contributed by atoms with Crippen molar-refractivity contribution in [3.8, 4) is 11.5 Å². The largest absolute Gasteiger partial charge is 0.573 e. The molecule has 0 saturated heterocycles. The van der Waals surface area contributed by atoms with E-state index in [0.717, 1.165) is 25.1 Å². The van der Waals surface area contributed by atoms with E-state index in [1.54, 1.807) is 0 Å². The average Bonchev–Trinajstić information content (AvgIpc) is 2.90. The van der Waals surface area contributed by atoms with Crippen molar-refractivity contribution >= 4 is 17.4 Å². The Labute approximate surface area is 155 Å². The first-order chi connectivity index (χ1) is 13.0. The summed E-state index contributed by atoms with van der Waals surface area (Å²) in [5, 5.41) is 13.8. The minimum Gasteiger partial charge on any atom is -0.454 e. The zero-order chi connectivity index (χ0) is 20.5. The molecule has 0 spiro atoms. The van der Waals surface area contributed by atoms with Crippen molar-refractivity contribution in [2.75, 3.05) is 5.73 Å². The molecule has 0 radical (unpaired) electrons. The molecule has 0 bridgehead atoms. The molecule has 1 aliphatic heterocycles. The van der Waals surface area contributed by atoms with Crippen molar-refractivity contribution in [2.45, 2.75) is 24.6 Å². The van der Waals surface area contributed by atoms with Gasteiger partial charge >= 0.3 is 6.36 Å². The lowest BCUT2D eigenvalue weighted by Gasteiger charge is -2.34. The number of alkyl halides is 3. The van der Waals surface area contributed by atoms with Crippen LogP contribution in [0.1, 0.15) is 28.4 Å². The number of rotatable bonds is 2. The molecule has 7 nitrogen and oxygen atoms in total. The van der Waals surface area contributed by atoms with Crippen LogP contribution < -0.4 is 20.5 Å². The molecule has 2 aromatic carbocycles. The normalized spacial score (nSPS) is 24.8. The summed E-state index contributed by atoms with van der Waals surface area (Å²) in [7, 11) is 0. The molecule has 0 aromatic heterocycles. The number of nitrogens with two attached hydrogens (primary N) is 1. The van der Waals surface area contributed by atoms with Gasteiger partial charge in [-0.15, -0.1) is 13.2 Å². The number of aliphatic hydroxyl groups is 1. The van der Waals surface area contributed by atoms with Crippen LogP contribution in [0, 0.1) is 0 Å². The van der Waals surface area contributed by atoms with E-state index in [1.165, 1.54) is 18.2 Å². The van der Waals surface area contributed by atoms with Crippen LogP contribution in [0.5, 0.6) is 11.5 Å². The minimum atomic E-state index is -4.94. The number of halogens is 3. The predicted octanol–water partition coefficient (Wildman–Crippen LogP) is 1.93. The molecule has 1 unspecified atom stereocenters. The van der Waals surface area contributed by atoms with Crippen LogP contribution in [0.15, 0.2) is 36.4 Å². The molecule has 1 aliphatic carbocycles. The average molecular weight is 394 g/mol. The van der Waals surface area contributed by atoms with Gasteiger partial charge in [0.25, 0.3) is 5.79 Å². The van der Waals surface area contributed by atoms with Gasteiger partial charge in [-0.3, -0.25) is 9.59 Å². The molecule has 4 N–H and O–H groups in total. The summed E-state index contributed by atoms with van der Waals surface area (Å²) >= 11 is 0. The molecule has 4 rings (SSSR count). The number of nitrogens with one attached hydrogen (secondary N) is 1. The minimum absolute atomic E-state index is 0.000685. The number of Topliss-reactive ketones (excluding diaryl/α,β-unsaturated/α-hetero) is 1. The summed E-state index contributed by atoms with van der Waals surface area (Å²) in [6.45, 7) is 1.13. The fraction of sp³-hybridized carbons (Fsp3) is 0.222. The van der Waals surface area contributed by atoms with Gasteiger partial charge < -0.3 is 25.6 Å². The van der Waals surface area contributed by atoms with E-state index in [0.29, 0.717) is 0 Å². The lowest BCUT2D eigenvalue weighted by Crippen LogP contribution is -2.59. The third-order valence-corrected chi connectivity index (χ3v) is 4.75. The van der Waals surface area contributed by atoms with Gasteiger partial charge in [0.15, 0.2) is 0 Å². The lowest BCUT2D eigenvalue weighted by molar-refractivity contribution is -0.274. The molecular formula is C18H13F3N2O5. The topological polar surface area (TPSA) is 111 Å². The highest BCUT2D eigenvalue weighted by atomic mass is 19.4. The maximum absolute atomic E-state index is 13.3. The van der Waals surface area contributed by atoms with E-state index in [2.05, 4.69) is 10.1 Å². The number of amides is 1. The zero-order valence-corrected chi connectivity index (χ0v) is 14.3. The van der Waals surface area contributed by atoms with Gasteiger partial charge in [0.1, 0.15) is 11.5 Å². The Hall–Kier alpha value is -3.27. The van der Waals surface area contributed by atoms with Crippen molar-refractivity contribution in [3.05, 3.63) is 53.1 Å². The number of carbonyl (C=O) groups is 2. The molecule has 1 amide bonds. The Morgan fingerprint density at radius 1 is 1.25 bits per heavy atom. The van der Waals surface area contributed by atoms with Crippen LogP contribution in [0.3, 0.4) is 0 Å². The first-order valence-electron chi connectivity index (χ1n) is 8.04. The number of anilines is 1. The molecular weight excluding hydrogens is 381 g/mol. The van der Waals surface area contributed by atoms with Gasteiger partial charge in [-0.1, -0.05) is 12.1 Å². The summed E-state index contributed by atoms with van der Waals surface area (Å²) < 4.78 is 46.9. The summed E-state index contributed by atoms with van der Waals surface area (Å²) in [5.74, 6) is -4.63. The van der Waals surface area contributed by atoms with Crippen LogP contribution >= 0.6 is 0 Å². The SMILES string of the molecule is CC(=O)NC12C(=O)c3c(N)cccc3[C@@]1(O)Oc1cc(OC(F)(F)F)ccc12. The molecule has 28 heavy (non-hydrogen) atoms. The number of ketones is 1. The monoisotopic (exact) mass is 394 g/mol. The molecule has 2 aromatic rings. The molecule has 10 heteroatoms. The maximum atomic E-state index is 13.3. The number of benzene rings is 2. The third kappa shape index (κ3) is 2.21. The van der Waals surface area contributed by atoms with E-state index < -0.39 is 35.1 Å². The highest BCUT2D eigenvalue weighted by Crippen LogP contribution is 2.59. The molecule has 1 heterocycles. The van der Waals surface area contributed by atoms with Crippen LogP contribution in [-0.2, 0) is 16.1 Å². The van der Waals surface area contributed by atoms with Crippen molar-refractivity contribution in [1.29, 1.82) is 0 Å². The van der Waals surface area contributed by atoms with E-state index in [-0.39, 0.29) is 28.1 Å². The fourth-order valence-corrected chi connectivity index (χ4v) is 3.81. The van der Waals surface area contributed by atoms with Crippen molar-refractivity contribution in [2.24, 2.45) is 0 Å². The van der Waals surface area contributed by atoms with Crippen molar-refractivity contribution in [1.82, 2.24) is 5.32 Å².